The van der Waals surface area contributed by atoms with Crippen LogP contribution in [0.3, 0.4) is 0 Å². The Morgan fingerprint density at radius 3 is 2.76 bits per heavy atom. The highest BCUT2D eigenvalue weighted by molar-refractivity contribution is 9.10. The van der Waals surface area contributed by atoms with Gasteiger partial charge in [0.05, 0.1) is 22.4 Å². The molecule has 0 aliphatic carbocycles. The minimum absolute atomic E-state index is 0.134. The fourth-order valence-corrected chi connectivity index (χ4v) is 2.15. The van der Waals surface area contributed by atoms with Crippen LogP contribution in [0.4, 0.5) is 15.8 Å². The third-order valence-electron chi connectivity index (χ3n) is 2.46. The number of nitrogens with one attached hydrogen (secondary N) is 1. The van der Waals surface area contributed by atoms with Gasteiger partial charge in [0, 0.05) is 16.6 Å². The number of aromatic nitrogens is 1. The van der Waals surface area contributed by atoms with Gasteiger partial charge in [-0.3, -0.25) is 14.9 Å². The van der Waals surface area contributed by atoms with E-state index in [1.807, 2.05) is 0 Å². The molecule has 21 heavy (non-hydrogen) atoms. The molecule has 1 aromatic heterocycles. The normalized spacial score (nSPS) is 10.2. The maximum atomic E-state index is 13.1. The topological polar surface area (TPSA) is 85.1 Å². The van der Waals surface area contributed by atoms with Crippen molar-refractivity contribution in [3.8, 4) is 0 Å². The Bertz CT molecular complexity index is 742. The summed E-state index contributed by atoms with van der Waals surface area (Å²) in [7, 11) is 0. The van der Waals surface area contributed by atoms with Crippen LogP contribution in [0.2, 0.25) is 5.15 Å². The van der Waals surface area contributed by atoms with Gasteiger partial charge in [-0.25, -0.2) is 9.37 Å². The molecule has 0 bridgehead atoms. The second-order valence-electron chi connectivity index (χ2n) is 3.87. The second kappa shape index (κ2) is 6.15. The molecule has 0 fully saturated rings. The van der Waals surface area contributed by atoms with Crippen LogP contribution in [0.25, 0.3) is 0 Å². The number of nitro benzene ring substituents is 1. The standard InChI is InChI=1S/C12H6BrClFN3O3/c13-9-4-7(18(20)21)1-2-10(9)17-12(19)8-3-6(15)5-16-11(8)14/h1-5H,(H,17,19). The molecule has 2 rings (SSSR count). The molecule has 9 heteroatoms. The van der Waals surface area contributed by atoms with E-state index in [4.69, 9.17) is 11.6 Å². The lowest BCUT2D eigenvalue weighted by atomic mass is 10.2. The number of benzene rings is 1. The van der Waals surface area contributed by atoms with Gasteiger partial charge in [0.2, 0.25) is 0 Å². The van der Waals surface area contributed by atoms with Gasteiger partial charge in [-0.1, -0.05) is 11.6 Å². The molecule has 0 atom stereocenters. The highest BCUT2D eigenvalue weighted by Gasteiger charge is 2.15. The predicted molar refractivity (Wildman–Crippen MR) is 78.0 cm³/mol. The van der Waals surface area contributed by atoms with Crippen molar-refractivity contribution in [1.29, 1.82) is 0 Å². The van der Waals surface area contributed by atoms with E-state index in [0.717, 1.165) is 12.3 Å². The lowest BCUT2D eigenvalue weighted by Crippen LogP contribution is -2.13. The molecule has 0 aliphatic heterocycles. The molecule has 0 aliphatic rings. The molecule has 0 spiro atoms. The number of non-ortho nitro benzene ring substituents is 1. The monoisotopic (exact) mass is 373 g/mol. The number of carbonyl (C=O) groups is 1. The number of pyridine rings is 1. The van der Waals surface area contributed by atoms with E-state index in [2.05, 4.69) is 26.2 Å². The first-order chi connectivity index (χ1) is 9.88. The van der Waals surface area contributed by atoms with Crippen LogP contribution in [0.15, 0.2) is 34.9 Å². The van der Waals surface area contributed by atoms with E-state index in [1.165, 1.54) is 18.2 Å². The Hall–Kier alpha value is -2.06. The molecule has 108 valence electrons. The minimum atomic E-state index is -0.702. The number of nitro groups is 1. The average Bonchev–Trinajstić information content (AvgIpc) is 2.43. The summed E-state index contributed by atoms with van der Waals surface area (Å²) in [6.07, 6.45) is 0.890. The summed E-state index contributed by atoms with van der Waals surface area (Å²) < 4.78 is 13.4. The van der Waals surface area contributed by atoms with Crippen LogP contribution in [0.1, 0.15) is 10.4 Å². The summed E-state index contributed by atoms with van der Waals surface area (Å²) in [6, 6.07) is 4.76. The van der Waals surface area contributed by atoms with Crippen molar-refractivity contribution >= 4 is 44.8 Å². The number of hydrogen-bond donors (Lipinski definition) is 1. The van der Waals surface area contributed by atoms with Gasteiger partial charge < -0.3 is 5.32 Å². The maximum absolute atomic E-state index is 13.1. The summed E-state index contributed by atoms with van der Waals surface area (Å²) in [5.74, 6) is -1.38. The fraction of sp³-hybridized carbons (Fsp3) is 0. The summed E-state index contributed by atoms with van der Waals surface area (Å²) >= 11 is 8.83. The van der Waals surface area contributed by atoms with Crippen LogP contribution in [0, 0.1) is 15.9 Å². The van der Waals surface area contributed by atoms with Crippen molar-refractivity contribution in [2.24, 2.45) is 0 Å². The van der Waals surface area contributed by atoms with Gasteiger partial charge in [-0.2, -0.15) is 0 Å². The third kappa shape index (κ3) is 3.53. The van der Waals surface area contributed by atoms with Gasteiger partial charge in [-0.15, -0.1) is 0 Å². The van der Waals surface area contributed by atoms with Crippen molar-refractivity contribution in [1.82, 2.24) is 4.98 Å². The molecule has 2 aromatic rings. The summed E-state index contributed by atoms with van der Waals surface area (Å²) in [5, 5.41) is 12.9. The van der Waals surface area contributed by atoms with Crippen molar-refractivity contribution in [3.63, 3.8) is 0 Å². The number of amides is 1. The lowest BCUT2D eigenvalue weighted by molar-refractivity contribution is -0.384. The number of nitrogens with zero attached hydrogens (tertiary/aromatic N) is 2. The van der Waals surface area contributed by atoms with Gasteiger partial charge in [-0.05, 0) is 28.1 Å². The smallest absolute Gasteiger partial charge is 0.270 e. The lowest BCUT2D eigenvalue weighted by Gasteiger charge is -2.08. The van der Waals surface area contributed by atoms with Crippen LogP contribution >= 0.6 is 27.5 Å². The predicted octanol–water partition coefficient (Wildman–Crippen LogP) is 3.80. The summed E-state index contributed by atoms with van der Waals surface area (Å²) in [6.45, 7) is 0. The Labute approximate surface area is 131 Å². The molecular formula is C12H6BrClFN3O3. The molecule has 1 N–H and O–H groups in total. The number of carbonyl (C=O) groups excluding carboxylic acids is 1. The zero-order valence-electron chi connectivity index (χ0n) is 10.1. The molecule has 0 saturated carbocycles. The van der Waals surface area contributed by atoms with Crippen molar-refractivity contribution in [3.05, 3.63) is 61.6 Å². The minimum Gasteiger partial charge on any atom is -0.321 e. The first-order valence-electron chi connectivity index (χ1n) is 5.45. The van der Waals surface area contributed by atoms with Crippen LogP contribution in [0.5, 0.6) is 0 Å². The molecule has 1 heterocycles. The molecule has 1 amide bonds. The van der Waals surface area contributed by atoms with E-state index < -0.39 is 16.6 Å². The van der Waals surface area contributed by atoms with Gasteiger partial charge in [0.15, 0.2) is 0 Å². The number of rotatable bonds is 3. The van der Waals surface area contributed by atoms with Gasteiger partial charge in [0.1, 0.15) is 11.0 Å². The largest absolute Gasteiger partial charge is 0.321 e. The third-order valence-corrected chi connectivity index (χ3v) is 3.42. The molecule has 0 unspecified atom stereocenters. The Kier molecular flexibility index (Phi) is 4.49. The molecule has 0 saturated heterocycles. The van der Waals surface area contributed by atoms with Gasteiger partial charge >= 0.3 is 0 Å². The Morgan fingerprint density at radius 1 is 1.43 bits per heavy atom. The van der Waals surface area contributed by atoms with Crippen LogP contribution in [-0.4, -0.2) is 15.8 Å². The van der Waals surface area contributed by atoms with Gasteiger partial charge in [0.25, 0.3) is 11.6 Å². The first kappa shape index (κ1) is 15.3. The summed E-state index contributed by atoms with van der Waals surface area (Å²) in [4.78, 5) is 25.6. The highest BCUT2D eigenvalue weighted by atomic mass is 79.9. The average molecular weight is 375 g/mol. The van der Waals surface area contributed by atoms with E-state index in [0.29, 0.717) is 4.47 Å². The van der Waals surface area contributed by atoms with Crippen molar-refractivity contribution in [2.45, 2.75) is 0 Å². The van der Waals surface area contributed by atoms with Crippen molar-refractivity contribution < 1.29 is 14.1 Å². The second-order valence-corrected chi connectivity index (χ2v) is 5.08. The molecular weight excluding hydrogens is 369 g/mol. The quantitative estimate of drug-likeness (QED) is 0.503. The Morgan fingerprint density at radius 2 is 2.14 bits per heavy atom. The highest BCUT2D eigenvalue weighted by Crippen LogP contribution is 2.28. The van der Waals surface area contributed by atoms with E-state index in [1.54, 1.807) is 0 Å². The SMILES string of the molecule is O=C(Nc1ccc([N+](=O)[O-])cc1Br)c1cc(F)cnc1Cl. The fourth-order valence-electron chi connectivity index (χ4n) is 1.49. The molecule has 6 nitrogen and oxygen atoms in total. The zero-order chi connectivity index (χ0) is 15.6. The number of anilines is 1. The van der Waals surface area contributed by atoms with E-state index >= 15 is 0 Å². The number of hydrogen-bond acceptors (Lipinski definition) is 4. The first-order valence-corrected chi connectivity index (χ1v) is 6.62. The zero-order valence-corrected chi connectivity index (χ0v) is 12.5. The summed E-state index contributed by atoms with van der Waals surface area (Å²) in [5.41, 5.74) is 0.0122. The van der Waals surface area contributed by atoms with Crippen LogP contribution in [-0.2, 0) is 0 Å². The number of halogens is 3. The van der Waals surface area contributed by atoms with E-state index in [9.17, 15) is 19.3 Å². The van der Waals surface area contributed by atoms with Crippen molar-refractivity contribution in [2.75, 3.05) is 5.32 Å². The molecule has 1 aromatic carbocycles. The Balaban J connectivity index is 2.27. The molecule has 0 radical (unpaired) electrons. The van der Waals surface area contributed by atoms with Crippen LogP contribution < -0.4 is 5.32 Å². The maximum Gasteiger partial charge on any atom is 0.270 e. The van der Waals surface area contributed by atoms with E-state index in [-0.39, 0.29) is 22.1 Å².